The maximum Gasteiger partial charge on any atom is 0.263 e. The summed E-state index contributed by atoms with van der Waals surface area (Å²) in [6.07, 6.45) is 0. The van der Waals surface area contributed by atoms with E-state index in [0.29, 0.717) is 34.2 Å². The van der Waals surface area contributed by atoms with Gasteiger partial charge in [-0.3, -0.25) is 4.72 Å². The lowest BCUT2D eigenvalue weighted by Gasteiger charge is -2.11. The van der Waals surface area contributed by atoms with Crippen LogP contribution in [0.1, 0.15) is 27.9 Å². The highest BCUT2D eigenvalue weighted by atomic mass is 32.2. The molecule has 0 unspecified atom stereocenters. The van der Waals surface area contributed by atoms with E-state index in [0.717, 1.165) is 16.1 Å². The molecule has 2 aromatic heterocycles. The summed E-state index contributed by atoms with van der Waals surface area (Å²) in [5.74, 6) is 1.19. The number of hydrogen-bond acceptors (Lipinski definition) is 6. The van der Waals surface area contributed by atoms with E-state index < -0.39 is 10.0 Å². The summed E-state index contributed by atoms with van der Waals surface area (Å²) in [5, 5.41) is 3.98. The highest BCUT2D eigenvalue weighted by Crippen LogP contribution is 2.41. The molecule has 6 nitrogen and oxygen atoms in total. The van der Waals surface area contributed by atoms with E-state index in [2.05, 4.69) is 9.88 Å². The number of thiophene rings is 1. The number of anilines is 1. The van der Waals surface area contributed by atoms with Crippen LogP contribution in [0.2, 0.25) is 0 Å². The van der Waals surface area contributed by atoms with Crippen LogP contribution in [0.5, 0.6) is 5.75 Å². The lowest BCUT2D eigenvalue weighted by Crippen LogP contribution is -2.14. The molecule has 0 aliphatic carbocycles. The topological polar surface area (TPSA) is 81.4 Å². The van der Waals surface area contributed by atoms with Crippen molar-refractivity contribution in [2.45, 2.75) is 39.5 Å². The molecule has 0 saturated heterocycles. The first-order valence-electron chi connectivity index (χ1n) is 8.53. The summed E-state index contributed by atoms with van der Waals surface area (Å²) in [5.41, 5.74) is 2.64. The van der Waals surface area contributed by atoms with Crippen molar-refractivity contribution < 1.29 is 17.7 Å². The second-order valence-corrected chi connectivity index (χ2v) is 9.25. The molecule has 0 spiro atoms. The first-order chi connectivity index (χ1) is 12.7. The van der Waals surface area contributed by atoms with E-state index in [1.54, 1.807) is 31.2 Å². The minimum atomic E-state index is -3.80. The maximum atomic E-state index is 13.2. The van der Waals surface area contributed by atoms with E-state index in [9.17, 15) is 8.42 Å². The fourth-order valence-corrected chi connectivity index (χ4v) is 5.80. The third-order valence-corrected chi connectivity index (χ3v) is 6.98. The highest BCUT2D eigenvalue weighted by Gasteiger charge is 2.29. The molecule has 0 aliphatic heterocycles. The second-order valence-electron chi connectivity index (χ2n) is 6.20. The van der Waals surface area contributed by atoms with Gasteiger partial charge in [-0.15, -0.1) is 11.3 Å². The molecule has 0 atom stereocenters. The SMILES string of the molecule is CCOc1ccc(NS(=O)(=O)c2c(C)sc(C)c2-c2onc(C)c2C)cc1. The van der Waals surface area contributed by atoms with Crippen LogP contribution < -0.4 is 9.46 Å². The molecule has 0 bridgehead atoms. The van der Waals surface area contributed by atoms with Crippen molar-refractivity contribution in [2.75, 3.05) is 11.3 Å². The number of benzene rings is 1. The fraction of sp³-hybridized carbons (Fsp3) is 0.316. The molecule has 8 heteroatoms. The van der Waals surface area contributed by atoms with Gasteiger partial charge in [0.05, 0.1) is 17.9 Å². The van der Waals surface area contributed by atoms with Crippen molar-refractivity contribution in [3.8, 4) is 17.1 Å². The van der Waals surface area contributed by atoms with Crippen molar-refractivity contribution in [3.63, 3.8) is 0 Å². The van der Waals surface area contributed by atoms with Gasteiger partial charge in [-0.1, -0.05) is 5.16 Å². The smallest absolute Gasteiger partial charge is 0.263 e. The molecule has 0 aliphatic rings. The number of nitrogens with one attached hydrogen (secondary N) is 1. The number of nitrogens with zero attached hydrogens (tertiary/aromatic N) is 1. The average Bonchev–Trinajstić information content (AvgIpc) is 3.08. The Labute approximate surface area is 163 Å². The van der Waals surface area contributed by atoms with Crippen molar-refractivity contribution in [2.24, 2.45) is 0 Å². The van der Waals surface area contributed by atoms with Gasteiger partial charge in [-0.05, 0) is 58.9 Å². The van der Waals surface area contributed by atoms with Crippen molar-refractivity contribution in [1.29, 1.82) is 0 Å². The maximum absolute atomic E-state index is 13.2. The van der Waals surface area contributed by atoms with Gasteiger partial charge >= 0.3 is 0 Å². The summed E-state index contributed by atoms with van der Waals surface area (Å²) in [4.78, 5) is 1.81. The number of rotatable bonds is 6. The van der Waals surface area contributed by atoms with Crippen molar-refractivity contribution in [1.82, 2.24) is 5.16 Å². The van der Waals surface area contributed by atoms with Crippen LogP contribution in [-0.2, 0) is 10.0 Å². The molecule has 3 aromatic rings. The number of ether oxygens (including phenoxy) is 1. The van der Waals surface area contributed by atoms with Crippen LogP contribution in [0.3, 0.4) is 0 Å². The third-order valence-electron chi connectivity index (χ3n) is 4.28. The molecule has 0 saturated carbocycles. The summed E-state index contributed by atoms with van der Waals surface area (Å²) in [6.45, 7) is 9.85. The number of aryl methyl sites for hydroxylation is 3. The molecular weight excluding hydrogens is 384 g/mol. The van der Waals surface area contributed by atoms with Crippen molar-refractivity contribution >= 4 is 27.0 Å². The van der Waals surface area contributed by atoms with E-state index >= 15 is 0 Å². The van der Waals surface area contributed by atoms with E-state index in [4.69, 9.17) is 9.26 Å². The molecular formula is C19H22N2O4S2. The van der Waals surface area contributed by atoms with Gasteiger partial charge in [0, 0.05) is 21.0 Å². The van der Waals surface area contributed by atoms with Gasteiger partial charge in [0.2, 0.25) is 0 Å². The quantitative estimate of drug-likeness (QED) is 0.634. The molecule has 0 fully saturated rings. The van der Waals surface area contributed by atoms with Crippen LogP contribution in [0, 0.1) is 27.7 Å². The second kappa shape index (κ2) is 7.36. The van der Waals surface area contributed by atoms with Gasteiger partial charge in [0.25, 0.3) is 10.0 Å². The van der Waals surface area contributed by atoms with Gasteiger partial charge in [0.1, 0.15) is 10.6 Å². The first kappa shape index (κ1) is 19.4. The van der Waals surface area contributed by atoms with Crippen LogP contribution in [0.15, 0.2) is 33.7 Å². The first-order valence-corrected chi connectivity index (χ1v) is 10.8. The Balaban J connectivity index is 2.03. The lowest BCUT2D eigenvalue weighted by molar-refractivity contribution is 0.340. The van der Waals surface area contributed by atoms with Crippen LogP contribution in [-0.4, -0.2) is 20.2 Å². The minimum absolute atomic E-state index is 0.234. The fourth-order valence-electron chi connectivity index (χ4n) is 2.89. The predicted octanol–water partition coefficient (Wildman–Crippen LogP) is 4.84. The molecule has 3 rings (SSSR count). The molecule has 1 aromatic carbocycles. The summed E-state index contributed by atoms with van der Waals surface area (Å²) >= 11 is 1.43. The van der Waals surface area contributed by atoms with Crippen molar-refractivity contribution in [3.05, 3.63) is 45.3 Å². The van der Waals surface area contributed by atoms with Gasteiger partial charge < -0.3 is 9.26 Å². The summed E-state index contributed by atoms with van der Waals surface area (Å²) in [7, 11) is -3.80. The van der Waals surface area contributed by atoms with E-state index in [1.165, 1.54) is 11.3 Å². The largest absolute Gasteiger partial charge is 0.494 e. The Morgan fingerprint density at radius 2 is 1.78 bits per heavy atom. The highest BCUT2D eigenvalue weighted by molar-refractivity contribution is 7.93. The Bertz CT molecular complexity index is 1060. The van der Waals surface area contributed by atoms with E-state index in [1.807, 2.05) is 27.7 Å². The third kappa shape index (κ3) is 3.72. The number of hydrogen-bond donors (Lipinski definition) is 1. The molecule has 144 valence electrons. The monoisotopic (exact) mass is 406 g/mol. The molecule has 0 amide bonds. The summed E-state index contributed by atoms with van der Waals surface area (Å²) < 4.78 is 39.8. The standard InChI is InChI=1S/C19H22N2O4S2/c1-6-24-16-9-7-15(8-10-16)21-27(22,23)19-14(5)26-13(4)17(19)18-11(2)12(3)20-25-18/h7-10,21H,6H2,1-5H3. The predicted molar refractivity (Wildman–Crippen MR) is 107 cm³/mol. The zero-order valence-corrected chi connectivity index (χ0v) is 17.5. The Kier molecular flexibility index (Phi) is 5.30. The zero-order valence-electron chi connectivity index (χ0n) is 15.9. The number of aromatic nitrogens is 1. The zero-order chi connectivity index (χ0) is 19.8. The van der Waals surface area contributed by atoms with Crippen LogP contribution in [0.4, 0.5) is 5.69 Å². The Hall–Kier alpha value is -2.32. The Morgan fingerprint density at radius 3 is 2.33 bits per heavy atom. The van der Waals surface area contributed by atoms with Gasteiger partial charge in [0.15, 0.2) is 5.76 Å². The number of sulfonamides is 1. The van der Waals surface area contributed by atoms with Crippen LogP contribution >= 0.6 is 11.3 Å². The average molecular weight is 407 g/mol. The van der Waals surface area contributed by atoms with Gasteiger partial charge in [-0.2, -0.15) is 0 Å². The Morgan fingerprint density at radius 1 is 1.11 bits per heavy atom. The molecule has 0 radical (unpaired) electrons. The molecule has 27 heavy (non-hydrogen) atoms. The summed E-state index contributed by atoms with van der Waals surface area (Å²) in [6, 6.07) is 6.83. The normalized spacial score (nSPS) is 11.6. The van der Waals surface area contributed by atoms with E-state index in [-0.39, 0.29) is 4.90 Å². The lowest BCUT2D eigenvalue weighted by atomic mass is 10.1. The minimum Gasteiger partial charge on any atom is -0.494 e. The van der Waals surface area contributed by atoms with Gasteiger partial charge in [-0.25, -0.2) is 8.42 Å². The molecule has 1 N–H and O–H groups in total. The molecule has 2 heterocycles. The van der Waals surface area contributed by atoms with Crippen LogP contribution in [0.25, 0.3) is 11.3 Å².